The molecule has 2 atom stereocenters. The van der Waals surface area contributed by atoms with E-state index in [1.54, 1.807) is 0 Å². The van der Waals surface area contributed by atoms with E-state index in [1.165, 1.54) is 64.2 Å². The summed E-state index contributed by atoms with van der Waals surface area (Å²) in [5, 5.41) is 0. The Kier molecular flexibility index (Phi) is 37.8. The van der Waals surface area contributed by atoms with Crippen LogP contribution in [0.3, 0.4) is 0 Å². The van der Waals surface area contributed by atoms with Gasteiger partial charge < -0.3 is 27.9 Å². The minimum Gasteiger partial charge on any atom is -0.756 e. The molecule has 0 aliphatic heterocycles. The van der Waals surface area contributed by atoms with E-state index in [1.807, 2.05) is 21.1 Å². The number of carbonyl (C=O) groups excluding carboxylic acids is 1. The average molecular weight is 794 g/mol. The molecule has 0 aliphatic rings. The van der Waals surface area contributed by atoms with Gasteiger partial charge in [-0.3, -0.25) is 9.36 Å². The van der Waals surface area contributed by atoms with Crippen molar-refractivity contribution >= 4 is 13.8 Å². The molecule has 0 amide bonds. The number of phosphoric ester groups is 1. The topological polar surface area (TPSA) is 94.1 Å². The Morgan fingerprint density at radius 1 is 0.564 bits per heavy atom. The van der Waals surface area contributed by atoms with Crippen molar-refractivity contribution in [2.45, 2.75) is 174 Å². The third kappa shape index (κ3) is 43.2. The lowest BCUT2D eigenvalue weighted by Crippen LogP contribution is -2.37. The highest BCUT2D eigenvalue weighted by atomic mass is 31.2. The summed E-state index contributed by atoms with van der Waals surface area (Å²) >= 11 is 0. The largest absolute Gasteiger partial charge is 0.756 e. The molecular weight excluding hydrogens is 709 g/mol. The van der Waals surface area contributed by atoms with E-state index in [2.05, 4.69) is 74.6 Å². The normalized spacial score (nSPS) is 14.4. The lowest BCUT2D eigenvalue weighted by atomic mass is 10.1. The molecule has 0 aromatic rings. The van der Waals surface area contributed by atoms with E-state index in [4.69, 9.17) is 18.5 Å². The Morgan fingerprint density at radius 2 is 1.04 bits per heavy atom. The maximum Gasteiger partial charge on any atom is 0.306 e. The predicted octanol–water partition coefficient (Wildman–Crippen LogP) is 12.3. The van der Waals surface area contributed by atoms with Crippen LogP contribution in [0.25, 0.3) is 0 Å². The molecule has 9 heteroatoms. The van der Waals surface area contributed by atoms with Gasteiger partial charge in [0.05, 0.1) is 34.4 Å². The van der Waals surface area contributed by atoms with Gasteiger partial charge >= 0.3 is 5.97 Å². The zero-order valence-corrected chi connectivity index (χ0v) is 37.0. The van der Waals surface area contributed by atoms with Gasteiger partial charge in [0.25, 0.3) is 7.82 Å². The molecule has 0 bridgehead atoms. The van der Waals surface area contributed by atoms with E-state index >= 15 is 0 Å². The van der Waals surface area contributed by atoms with Crippen molar-refractivity contribution in [2.24, 2.45) is 0 Å². The number of ether oxygens (including phenoxy) is 2. The number of quaternary nitrogens is 1. The SMILES string of the molecule is CCC/C=C\C/C=C\CCCCCCCCOCC(COP(=O)([O-])OCC[N+](C)(C)C)OC(=O)CCCCCCCC/C=C\C/C=C\C/C=C\CCCCC. The number of nitrogens with zero attached hydrogens (tertiary/aromatic N) is 1. The van der Waals surface area contributed by atoms with Crippen LogP contribution in [0.2, 0.25) is 0 Å². The van der Waals surface area contributed by atoms with Crippen molar-refractivity contribution in [3.8, 4) is 0 Å². The van der Waals surface area contributed by atoms with Crippen LogP contribution in [0.1, 0.15) is 168 Å². The third-order valence-corrected chi connectivity index (χ3v) is 9.99. The first-order valence-corrected chi connectivity index (χ1v) is 23.5. The average Bonchev–Trinajstić information content (AvgIpc) is 3.13. The number of carbonyl (C=O) groups is 1. The van der Waals surface area contributed by atoms with Gasteiger partial charge in [-0.15, -0.1) is 0 Å². The summed E-state index contributed by atoms with van der Waals surface area (Å²) in [6.45, 7) is 5.27. The van der Waals surface area contributed by atoms with E-state index < -0.39 is 13.9 Å². The van der Waals surface area contributed by atoms with Gasteiger partial charge in [0, 0.05) is 13.0 Å². The number of hydrogen-bond donors (Lipinski definition) is 0. The standard InChI is InChI=1S/C46H84NO7P/c1-6-8-10-12-14-16-18-20-22-23-24-25-26-27-29-31-33-35-37-39-46(48)54-45(44-53-55(49,50)52-42-40-47(3,4)5)43-51-41-38-36-34-32-30-28-21-19-17-15-13-11-9-7-2/h11,13-14,16-17,19-20,22,24-25,45H,6-10,12,15,18,21,23,26-44H2,1-5H3/b13-11-,16-14-,19-17-,22-20-,25-24-. The highest BCUT2D eigenvalue weighted by Gasteiger charge is 2.20. The van der Waals surface area contributed by atoms with E-state index in [0.717, 1.165) is 83.5 Å². The lowest BCUT2D eigenvalue weighted by Gasteiger charge is -2.28. The van der Waals surface area contributed by atoms with Gasteiger partial charge in [-0.05, 0) is 77.0 Å². The second kappa shape index (κ2) is 39.0. The van der Waals surface area contributed by atoms with Crippen molar-refractivity contribution in [1.82, 2.24) is 0 Å². The Morgan fingerprint density at radius 3 is 1.56 bits per heavy atom. The summed E-state index contributed by atoms with van der Waals surface area (Å²) in [5.41, 5.74) is 0. The minimum atomic E-state index is -4.53. The number of unbranched alkanes of at least 4 members (excludes halogenated alkanes) is 16. The number of esters is 1. The number of rotatable bonds is 40. The molecule has 0 fully saturated rings. The summed E-state index contributed by atoms with van der Waals surface area (Å²) in [6.07, 6.45) is 48.0. The van der Waals surface area contributed by atoms with Crippen molar-refractivity contribution in [2.75, 3.05) is 54.1 Å². The zero-order chi connectivity index (χ0) is 40.6. The summed E-state index contributed by atoms with van der Waals surface area (Å²) in [7, 11) is 1.33. The number of allylic oxidation sites excluding steroid dienone is 10. The zero-order valence-electron chi connectivity index (χ0n) is 36.1. The molecular formula is C46H84NO7P. The van der Waals surface area contributed by atoms with Crippen LogP contribution in [0.15, 0.2) is 60.8 Å². The first-order valence-electron chi connectivity index (χ1n) is 22.0. The van der Waals surface area contributed by atoms with Crippen molar-refractivity contribution in [1.29, 1.82) is 0 Å². The molecule has 2 unspecified atom stereocenters. The summed E-state index contributed by atoms with van der Waals surface area (Å²) in [5.74, 6) is -0.353. The highest BCUT2D eigenvalue weighted by Crippen LogP contribution is 2.38. The van der Waals surface area contributed by atoms with Gasteiger partial charge in [-0.2, -0.15) is 0 Å². The fourth-order valence-electron chi connectivity index (χ4n) is 5.59. The molecule has 55 heavy (non-hydrogen) atoms. The van der Waals surface area contributed by atoms with Crippen LogP contribution >= 0.6 is 7.82 Å². The van der Waals surface area contributed by atoms with Crippen LogP contribution in [0.4, 0.5) is 0 Å². The fraction of sp³-hybridized carbons (Fsp3) is 0.761. The summed E-state index contributed by atoms with van der Waals surface area (Å²) < 4.78 is 34.6. The van der Waals surface area contributed by atoms with Crippen LogP contribution in [0, 0.1) is 0 Å². The molecule has 320 valence electrons. The van der Waals surface area contributed by atoms with Gasteiger partial charge in [-0.1, -0.05) is 145 Å². The Bertz CT molecular complexity index is 1060. The smallest absolute Gasteiger partial charge is 0.306 e. The molecule has 0 saturated heterocycles. The Hall–Kier alpha value is -1.80. The maximum atomic E-state index is 12.7. The second-order valence-corrected chi connectivity index (χ2v) is 17.1. The van der Waals surface area contributed by atoms with Gasteiger partial charge in [0.2, 0.25) is 0 Å². The molecule has 0 spiro atoms. The quantitative estimate of drug-likeness (QED) is 0.0200. The second-order valence-electron chi connectivity index (χ2n) is 15.7. The van der Waals surface area contributed by atoms with Crippen LogP contribution in [-0.4, -0.2) is 70.7 Å². The number of phosphoric acid groups is 1. The first kappa shape index (κ1) is 53.2. The molecule has 0 rings (SSSR count). The van der Waals surface area contributed by atoms with Gasteiger partial charge in [0.1, 0.15) is 19.3 Å². The minimum absolute atomic E-state index is 0.0184. The van der Waals surface area contributed by atoms with Gasteiger partial charge in [-0.25, -0.2) is 0 Å². The number of likely N-dealkylation sites (N-methyl/N-ethyl adjacent to an activating group) is 1. The first-order chi connectivity index (χ1) is 26.6. The van der Waals surface area contributed by atoms with Crippen LogP contribution in [0.5, 0.6) is 0 Å². The van der Waals surface area contributed by atoms with Crippen LogP contribution in [-0.2, 0) is 27.9 Å². The molecule has 0 aromatic carbocycles. The molecule has 0 saturated carbocycles. The maximum absolute atomic E-state index is 12.7. The van der Waals surface area contributed by atoms with Gasteiger partial charge in [0.15, 0.2) is 0 Å². The predicted molar refractivity (Wildman–Crippen MR) is 231 cm³/mol. The molecule has 8 nitrogen and oxygen atoms in total. The lowest BCUT2D eigenvalue weighted by molar-refractivity contribution is -0.870. The highest BCUT2D eigenvalue weighted by molar-refractivity contribution is 7.45. The van der Waals surface area contributed by atoms with Crippen molar-refractivity contribution in [3.05, 3.63) is 60.8 Å². The van der Waals surface area contributed by atoms with E-state index in [-0.39, 0.29) is 25.8 Å². The number of hydrogen-bond acceptors (Lipinski definition) is 7. The fourth-order valence-corrected chi connectivity index (χ4v) is 6.32. The van der Waals surface area contributed by atoms with E-state index in [0.29, 0.717) is 24.1 Å². The molecule has 0 aliphatic carbocycles. The van der Waals surface area contributed by atoms with E-state index in [9.17, 15) is 14.3 Å². The monoisotopic (exact) mass is 794 g/mol. The molecule has 0 heterocycles. The van der Waals surface area contributed by atoms with Crippen molar-refractivity contribution < 1.29 is 37.3 Å². The third-order valence-electron chi connectivity index (χ3n) is 9.02. The Balaban J connectivity index is 4.28. The molecule has 0 radical (unpaired) electrons. The summed E-state index contributed by atoms with van der Waals surface area (Å²) in [4.78, 5) is 25.0. The van der Waals surface area contributed by atoms with Crippen LogP contribution < -0.4 is 4.89 Å². The Labute approximate surface area is 339 Å². The summed E-state index contributed by atoms with van der Waals surface area (Å²) in [6, 6.07) is 0. The molecule has 0 aromatic heterocycles. The van der Waals surface area contributed by atoms with Crippen molar-refractivity contribution in [3.63, 3.8) is 0 Å². The molecule has 0 N–H and O–H groups in total.